The zero-order valence-corrected chi connectivity index (χ0v) is 18.9. The molecule has 1 amide bonds. The molecule has 0 aliphatic rings. The monoisotopic (exact) mass is 463 g/mol. The molecule has 4 aromatic heterocycles. The maximum atomic E-state index is 13.5. The van der Waals surface area contributed by atoms with Crippen molar-refractivity contribution in [2.75, 3.05) is 20.1 Å². The first kappa shape index (κ1) is 23.1. The van der Waals surface area contributed by atoms with Gasteiger partial charge in [0.05, 0.1) is 23.2 Å². The molecular weight excluding hydrogens is 438 g/mol. The fourth-order valence-corrected chi connectivity index (χ4v) is 3.84. The van der Waals surface area contributed by atoms with Gasteiger partial charge < -0.3 is 19.8 Å². The Morgan fingerprint density at radius 2 is 2.06 bits per heavy atom. The molecule has 4 rings (SSSR count). The highest BCUT2D eigenvalue weighted by Gasteiger charge is 2.30. The molecule has 4 heterocycles. The number of nitrogens with zero attached hydrogens (tertiary/aromatic N) is 6. The lowest BCUT2D eigenvalue weighted by Crippen LogP contribution is -2.42. The first-order chi connectivity index (χ1) is 16.5. The zero-order valence-electron chi connectivity index (χ0n) is 18.9. The average molecular weight is 463 g/mol. The van der Waals surface area contributed by atoms with Gasteiger partial charge in [-0.25, -0.2) is 15.0 Å². The third-order valence-electron chi connectivity index (χ3n) is 5.51. The van der Waals surface area contributed by atoms with Gasteiger partial charge in [0.15, 0.2) is 18.0 Å². The summed E-state index contributed by atoms with van der Waals surface area (Å²) in [6, 6.07) is 5.75. The number of amides is 1. The van der Waals surface area contributed by atoms with Crippen LogP contribution in [0.15, 0.2) is 64.5 Å². The summed E-state index contributed by atoms with van der Waals surface area (Å²) in [6.07, 6.45) is 7.56. The minimum Gasteiger partial charge on any atom is -0.619 e. The van der Waals surface area contributed by atoms with Gasteiger partial charge in [-0.1, -0.05) is 6.92 Å². The molecule has 0 saturated carbocycles. The van der Waals surface area contributed by atoms with Crippen molar-refractivity contribution in [3.63, 3.8) is 0 Å². The number of nitrogens with one attached hydrogen (secondary N) is 1. The second-order valence-electron chi connectivity index (χ2n) is 7.63. The maximum absolute atomic E-state index is 13.5. The highest BCUT2D eigenvalue weighted by Crippen LogP contribution is 2.25. The number of carbonyl (C=O) groups is 1. The summed E-state index contributed by atoms with van der Waals surface area (Å²) >= 11 is 0. The van der Waals surface area contributed by atoms with Crippen molar-refractivity contribution in [1.29, 1.82) is 0 Å². The van der Waals surface area contributed by atoms with Crippen LogP contribution in [0.1, 0.15) is 41.5 Å². The number of oxazole rings is 1. The second-order valence-corrected chi connectivity index (χ2v) is 7.63. The number of fused-ring (bicyclic) bond motifs is 1. The van der Waals surface area contributed by atoms with Gasteiger partial charge in [0.2, 0.25) is 5.89 Å². The highest BCUT2D eigenvalue weighted by molar-refractivity contribution is 5.94. The van der Waals surface area contributed by atoms with Crippen LogP contribution in [-0.2, 0) is 6.54 Å². The van der Waals surface area contributed by atoms with Crippen LogP contribution in [0, 0.1) is 5.21 Å². The summed E-state index contributed by atoms with van der Waals surface area (Å²) in [6.45, 7) is 2.86. The van der Waals surface area contributed by atoms with E-state index in [0.717, 1.165) is 0 Å². The average Bonchev–Trinajstić information content (AvgIpc) is 3.37. The molecule has 0 saturated heterocycles. The smallest absolute Gasteiger partial charge is 0.263 e. The van der Waals surface area contributed by atoms with Crippen LogP contribution < -0.4 is 15.6 Å². The molecule has 0 aliphatic heterocycles. The van der Waals surface area contributed by atoms with Crippen molar-refractivity contribution in [1.82, 2.24) is 29.7 Å². The molecule has 11 heteroatoms. The lowest BCUT2D eigenvalue weighted by Gasteiger charge is -2.32. The summed E-state index contributed by atoms with van der Waals surface area (Å²) < 4.78 is 7.50. The fraction of sp³-hybridized carbons (Fsp3) is 0.304. The van der Waals surface area contributed by atoms with Gasteiger partial charge in [0.25, 0.3) is 11.5 Å². The summed E-state index contributed by atoms with van der Waals surface area (Å²) in [4.78, 5) is 41.8. The number of pyridine rings is 2. The van der Waals surface area contributed by atoms with Crippen molar-refractivity contribution < 1.29 is 13.9 Å². The van der Waals surface area contributed by atoms with Gasteiger partial charge in [0, 0.05) is 31.4 Å². The number of hydrogen-bond acceptors (Lipinski definition) is 8. The molecular formula is C23H25N7O4. The Morgan fingerprint density at radius 3 is 2.74 bits per heavy atom. The Balaban J connectivity index is 1.86. The predicted molar refractivity (Wildman–Crippen MR) is 123 cm³/mol. The van der Waals surface area contributed by atoms with Crippen LogP contribution in [0.3, 0.4) is 0 Å². The summed E-state index contributed by atoms with van der Waals surface area (Å²) in [5.74, 6) is 0.455. The lowest BCUT2D eigenvalue weighted by atomic mass is 10.1. The predicted octanol–water partition coefficient (Wildman–Crippen LogP) is 1.27. The molecule has 4 aromatic rings. The van der Waals surface area contributed by atoms with Crippen LogP contribution >= 0.6 is 0 Å². The normalized spacial score (nSPS) is 12.1. The molecule has 0 spiro atoms. The summed E-state index contributed by atoms with van der Waals surface area (Å²) in [7, 11) is 1.79. The van der Waals surface area contributed by atoms with Crippen LogP contribution in [0.25, 0.3) is 11.0 Å². The molecule has 1 N–H and O–H groups in total. The number of hydrogen-bond donors (Lipinski definition) is 1. The van der Waals surface area contributed by atoms with E-state index in [1.807, 2.05) is 6.92 Å². The minimum atomic E-state index is -0.547. The van der Waals surface area contributed by atoms with Crippen molar-refractivity contribution in [3.05, 3.63) is 88.2 Å². The van der Waals surface area contributed by atoms with E-state index in [4.69, 9.17) is 9.40 Å². The van der Waals surface area contributed by atoms with Crippen LogP contribution in [0.5, 0.6) is 0 Å². The van der Waals surface area contributed by atoms with E-state index in [1.54, 1.807) is 30.3 Å². The number of aromatic nitrogens is 5. The van der Waals surface area contributed by atoms with Crippen molar-refractivity contribution >= 4 is 16.9 Å². The molecule has 0 radical (unpaired) electrons. The van der Waals surface area contributed by atoms with E-state index in [-0.39, 0.29) is 18.0 Å². The topological polar surface area (TPSA) is 133 Å². The standard InChI is InChI=1S/C23H25N7O4/c1-3-18(29(13-9-24-2)22(31)16-6-11-28(33)12-7-16)21-27-20-17(5-4-8-26-20)23(32)30(21)15-19-25-10-14-34-19/h4-8,10-12,14,18,24H,3,9,13,15H2,1-2H3. The molecule has 1 atom stereocenters. The quantitative estimate of drug-likeness (QED) is 0.290. The first-order valence-electron chi connectivity index (χ1n) is 10.9. The van der Waals surface area contributed by atoms with Gasteiger partial charge in [-0.2, -0.15) is 4.73 Å². The Morgan fingerprint density at radius 1 is 1.26 bits per heavy atom. The maximum Gasteiger partial charge on any atom is 0.263 e. The van der Waals surface area contributed by atoms with Gasteiger partial charge in [-0.3, -0.25) is 14.2 Å². The van der Waals surface area contributed by atoms with Crippen LogP contribution in [0.4, 0.5) is 0 Å². The number of likely N-dealkylation sites (N-methyl/N-ethyl adjacent to an activating group) is 1. The fourth-order valence-electron chi connectivity index (χ4n) is 3.84. The van der Waals surface area contributed by atoms with Gasteiger partial charge in [-0.05, 0) is 25.6 Å². The molecule has 0 aromatic carbocycles. The van der Waals surface area contributed by atoms with Crippen molar-refractivity contribution in [2.24, 2.45) is 0 Å². The molecule has 0 aliphatic carbocycles. The van der Waals surface area contributed by atoms with E-state index in [2.05, 4.69) is 15.3 Å². The number of carbonyl (C=O) groups excluding carboxylic acids is 1. The van der Waals surface area contributed by atoms with Crippen LogP contribution in [0.2, 0.25) is 0 Å². The molecule has 1 unspecified atom stereocenters. The van der Waals surface area contributed by atoms with Crippen LogP contribution in [-0.4, -0.2) is 50.5 Å². The largest absolute Gasteiger partial charge is 0.619 e. The first-order valence-corrected chi connectivity index (χ1v) is 10.9. The molecule has 0 fully saturated rings. The van der Waals surface area contributed by atoms with E-state index in [0.29, 0.717) is 52.6 Å². The third kappa shape index (κ3) is 4.64. The molecule has 0 bridgehead atoms. The second kappa shape index (κ2) is 10.2. The van der Waals surface area contributed by atoms with E-state index in [9.17, 15) is 14.8 Å². The van der Waals surface area contributed by atoms with E-state index in [1.165, 1.54) is 41.6 Å². The lowest BCUT2D eigenvalue weighted by molar-refractivity contribution is -0.605. The molecule has 34 heavy (non-hydrogen) atoms. The summed E-state index contributed by atoms with van der Waals surface area (Å²) in [5, 5.41) is 14.9. The molecule has 11 nitrogen and oxygen atoms in total. The Hall–Kier alpha value is -4.12. The van der Waals surface area contributed by atoms with Gasteiger partial charge in [-0.15, -0.1) is 0 Å². The van der Waals surface area contributed by atoms with Gasteiger partial charge in [0.1, 0.15) is 18.6 Å². The Bertz CT molecular complexity index is 1320. The third-order valence-corrected chi connectivity index (χ3v) is 5.51. The van der Waals surface area contributed by atoms with Gasteiger partial charge >= 0.3 is 0 Å². The van der Waals surface area contributed by atoms with E-state index < -0.39 is 6.04 Å². The zero-order chi connectivity index (χ0) is 24.1. The van der Waals surface area contributed by atoms with Crippen molar-refractivity contribution in [2.45, 2.75) is 25.9 Å². The van der Waals surface area contributed by atoms with Crippen molar-refractivity contribution in [3.8, 4) is 0 Å². The Labute approximate surface area is 195 Å². The minimum absolute atomic E-state index is 0.0606. The van der Waals surface area contributed by atoms with E-state index >= 15 is 0 Å². The number of rotatable bonds is 9. The Kier molecular flexibility index (Phi) is 6.93. The SMILES string of the molecule is CCC(c1nc2ncccc2c(=O)n1Cc1ncco1)N(CCNC)C(=O)c1cc[n+]([O-])cc1. The summed E-state index contributed by atoms with van der Waals surface area (Å²) in [5.41, 5.74) is 0.373. The molecule has 176 valence electrons. The highest BCUT2D eigenvalue weighted by atomic mass is 16.5.